The molecule has 0 spiro atoms. The van der Waals surface area contributed by atoms with Crippen LogP contribution in [0.25, 0.3) is 0 Å². The normalized spacial score (nSPS) is 13.3. The first-order chi connectivity index (χ1) is 13.6. The van der Waals surface area contributed by atoms with E-state index in [1.807, 2.05) is 57.6 Å². The minimum Gasteiger partial charge on any atom is -0.550 e. The molecule has 0 aromatic rings. The number of likely N-dealkylation sites (N-methyl/N-ethyl adjacent to an activating group) is 1. The van der Waals surface area contributed by atoms with Gasteiger partial charge in [0.15, 0.2) is 6.10 Å². The van der Waals surface area contributed by atoms with Crippen LogP contribution in [0.15, 0.2) is 36.5 Å². The van der Waals surface area contributed by atoms with Crippen molar-refractivity contribution in [3.8, 4) is 0 Å². The lowest BCUT2D eigenvalue weighted by atomic mass is 10.2. The van der Waals surface area contributed by atoms with Gasteiger partial charge in [0, 0.05) is 25.2 Å². The van der Waals surface area contributed by atoms with E-state index in [-0.39, 0.29) is 25.2 Å². The van der Waals surface area contributed by atoms with Gasteiger partial charge in [-0.1, -0.05) is 36.5 Å². The molecule has 0 radical (unpaired) electrons. The molecule has 1 atom stereocenters. The molecule has 164 valence electrons. The first kappa shape index (κ1) is 26.6. The number of hydrogen-bond donors (Lipinski definition) is 1. The maximum absolute atomic E-state index is 11.9. The number of ether oxygens (including phenoxy) is 1. The molecule has 0 bridgehead atoms. The second-order valence-electron chi connectivity index (χ2n) is 7.87. The van der Waals surface area contributed by atoms with Crippen LogP contribution in [0.5, 0.6) is 0 Å². The van der Waals surface area contributed by atoms with Gasteiger partial charge in [0.1, 0.15) is 6.54 Å². The van der Waals surface area contributed by atoms with Crippen molar-refractivity contribution in [3.05, 3.63) is 36.5 Å². The van der Waals surface area contributed by atoms with Gasteiger partial charge in [0.2, 0.25) is 0 Å². The Labute approximate surface area is 173 Å². The Hall–Kier alpha value is -2.41. The second kappa shape index (κ2) is 15.5. The lowest BCUT2D eigenvalue weighted by Gasteiger charge is -2.29. The van der Waals surface area contributed by atoms with Crippen molar-refractivity contribution < 1.29 is 33.8 Å². The van der Waals surface area contributed by atoms with Gasteiger partial charge in [-0.15, -0.1) is 0 Å². The molecule has 29 heavy (non-hydrogen) atoms. The zero-order chi connectivity index (χ0) is 22.1. The number of hydrogen-bond acceptors (Lipinski definition) is 5. The van der Waals surface area contributed by atoms with Gasteiger partial charge in [-0.25, -0.2) is 0 Å². The Morgan fingerprint density at radius 2 is 1.48 bits per heavy atom. The molecule has 0 aliphatic carbocycles. The quantitative estimate of drug-likeness (QED) is 0.181. The van der Waals surface area contributed by atoms with Crippen molar-refractivity contribution >= 4 is 17.9 Å². The summed E-state index contributed by atoms with van der Waals surface area (Å²) in [5.41, 5.74) is 0. The van der Waals surface area contributed by atoms with Crippen LogP contribution in [-0.4, -0.2) is 61.3 Å². The maximum Gasteiger partial charge on any atom is 0.306 e. The van der Waals surface area contributed by atoms with E-state index >= 15 is 0 Å². The number of nitrogens with zero attached hydrogens (tertiary/aromatic N) is 1. The number of quaternary nitrogens is 1. The van der Waals surface area contributed by atoms with E-state index in [1.165, 1.54) is 0 Å². The molecule has 0 amide bonds. The molecule has 7 nitrogen and oxygen atoms in total. The predicted molar refractivity (Wildman–Crippen MR) is 110 cm³/mol. The van der Waals surface area contributed by atoms with Crippen molar-refractivity contribution in [2.45, 2.75) is 57.5 Å². The van der Waals surface area contributed by atoms with Gasteiger partial charge in [-0.05, 0) is 32.1 Å². The highest BCUT2D eigenvalue weighted by molar-refractivity contribution is 5.70. The molecule has 7 heteroatoms. The van der Waals surface area contributed by atoms with Crippen LogP contribution >= 0.6 is 0 Å². The Balaban J connectivity index is 3.93. The third-order valence-corrected chi connectivity index (χ3v) is 3.76. The number of carbonyl (C=O) groups is 3. The van der Waals surface area contributed by atoms with Gasteiger partial charge < -0.3 is 24.2 Å². The molecule has 0 aliphatic heterocycles. The first-order valence-electron chi connectivity index (χ1n) is 9.96. The molecule has 0 rings (SSSR count). The van der Waals surface area contributed by atoms with Crippen LogP contribution in [0.4, 0.5) is 0 Å². The summed E-state index contributed by atoms with van der Waals surface area (Å²) in [6, 6.07) is 0. The summed E-state index contributed by atoms with van der Waals surface area (Å²) in [4.78, 5) is 33.1. The first-order valence-corrected chi connectivity index (χ1v) is 9.96. The van der Waals surface area contributed by atoms with Crippen LogP contribution in [0.1, 0.15) is 51.4 Å². The van der Waals surface area contributed by atoms with E-state index in [4.69, 9.17) is 9.84 Å². The highest BCUT2D eigenvalue weighted by atomic mass is 16.5. The molecule has 1 unspecified atom stereocenters. The van der Waals surface area contributed by atoms with E-state index in [1.54, 1.807) is 0 Å². The monoisotopic (exact) mass is 409 g/mol. The summed E-state index contributed by atoms with van der Waals surface area (Å²) < 4.78 is 5.80. The summed E-state index contributed by atoms with van der Waals surface area (Å²) in [6.07, 6.45) is 14.8. The molecule has 1 N–H and O–H groups in total. The van der Waals surface area contributed by atoms with Crippen LogP contribution in [0, 0.1) is 0 Å². The Bertz CT molecular complexity index is 587. The molecule has 0 saturated heterocycles. The van der Waals surface area contributed by atoms with Gasteiger partial charge in [-0.2, -0.15) is 0 Å². The number of carboxylic acids is 2. The largest absolute Gasteiger partial charge is 0.550 e. The summed E-state index contributed by atoms with van der Waals surface area (Å²) in [5.74, 6) is -2.39. The van der Waals surface area contributed by atoms with Crippen LogP contribution in [-0.2, 0) is 19.1 Å². The molecule has 0 aromatic carbocycles. The van der Waals surface area contributed by atoms with Gasteiger partial charge >= 0.3 is 11.9 Å². The third-order valence-electron chi connectivity index (χ3n) is 3.76. The molecular formula is C22H35NO6. The van der Waals surface area contributed by atoms with Gasteiger partial charge in [0.25, 0.3) is 0 Å². The third kappa shape index (κ3) is 20.1. The SMILES string of the molecule is C[N+](C)(C)CC(CC(=O)[O-])OC(=O)CCC/C=C/C/C=C/C/C=C/CCC(=O)O. The lowest BCUT2D eigenvalue weighted by molar-refractivity contribution is -0.873. The maximum atomic E-state index is 11.9. The Morgan fingerprint density at radius 1 is 0.931 bits per heavy atom. The average molecular weight is 410 g/mol. The van der Waals surface area contributed by atoms with Crippen LogP contribution < -0.4 is 5.11 Å². The van der Waals surface area contributed by atoms with Gasteiger partial charge in [-0.3, -0.25) is 9.59 Å². The van der Waals surface area contributed by atoms with Crippen molar-refractivity contribution in [2.75, 3.05) is 27.7 Å². The highest BCUT2D eigenvalue weighted by Crippen LogP contribution is 2.08. The standard InChI is InChI=1S/C22H35NO6/c1-23(2,3)18-19(17-21(26)27)29-22(28)16-14-12-10-8-6-4-5-7-9-11-13-15-20(24)25/h4-5,8-11,19H,6-7,12-18H2,1-3H3,(H-,24,25,26,27)/b5-4+,10-8+,11-9+. The molecule has 0 saturated carbocycles. The minimum atomic E-state index is -1.22. The van der Waals surface area contributed by atoms with Crippen molar-refractivity contribution in [1.82, 2.24) is 0 Å². The Morgan fingerprint density at radius 3 is 2.00 bits per heavy atom. The van der Waals surface area contributed by atoms with Crippen molar-refractivity contribution in [2.24, 2.45) is 0 Å². The number of unbranched alkanes of at least 4 members (excludes halogenated alkanes) is 1. The smallest absolute Gasteiger partial charge is 0.306 e. The van der Waals surface area contributed by atoms with Gasteiger partial charge in [0.05, 0.1) is 21.1 Å². The molecule has 0 fully saturated rings. The summed E-state index contributed by atoms with van der Waals surface area (Å²) in [6.45, 7) is 0.417. The second-order valence-corrected chi connectivity index (χ2v) is 7.87. The number of aliphatic carboxylic acids is 2. The van der Waals surface area contributed by atoms with Crippen molar-refractivity contribution in [3.63, 3.8) is 0 Å². The number of carbonyl (C=O) groups excluding carboxylic acids is 2. The number of carboxylic acid groups (broad SMARTS) is 2. The van der Waals surface area contributed by atoms with Crippen molar-refractivity contribution in [1.29, 1.82) is 0 Å². The average Bonchev–Trinajstić information content (AvgIpc) is 2.56. The van der Waals surface area contributed by atoms with E-state index in [0.29, 0.717) is 23.9 Å². The fourth-order valence-corrected chi connectivity index (χ4v) is 2.53. The summed E-state index contributed by atoms with van der Waals surface area (Å²) in [5, 5.41) is 19.3. The fourth-order valence-electron chi connectivity index (χ4n) is 2.53. The molecule has 0 heterocycles. The molecule has 0 aliphatic rings. The zero-order valence-electron chi connectivity index (χ0n) is 17.8. The highest BCUT2D eigenvalue weighted by Gasteiger charge is 2.22. The summed E-state index contributed by atoms with van der Waals surface area (Å²) in [7, 11) is 5.72. The number of esters is 1. The molecule has 0 aromatic heterocycles. The van der Waals surface area contributed by atoms with E-state index in [2.05, 4.69) is 0 Å². The molecular weight excluding hydrogens is 374 g/mol. The number of rotatable bonds is 16. The van der Waals surface area contributed by atoms with Crippen LogP contribution in [0.2, 0.25) is 0 Å². The van der Waals surface area contributed by atoms with E-state index < -0.39 is 18.0 Å². The lowest BCUT2D eigenvalue weighted by Crippen LogP contribution is -2.45. The van der Waals surface area contributed by atoms with Crippen LogP contribution in [0.3, 0.4) is 0 Å². The summed E-state index contributed by atoms with van der Waals surface area (Å²) >= 11 is 0. The fraction of sp³-hybridized carbons (Fsp3) is 0.591. The Kier molecular flexibility index (Phi) is 14.2. The predicted octanol–water partition coefficient (Wildman–Crippen LogP) is 2.23. The zero-order valence-corrected chi connectivity index (χ0v) is 17.8. The van der Waals surface area contributed by atoms with E-state index in [9.17, 15) is 19.5 Å². The topological polar surface area (TPSA) is 104 Å². The minimum absolute atomic E-state index is 0.156. The van der Waals surface area contributed by atoms with E-state index in [0.717, 1.165) is 19.3 Å². The number of allylic oxidation sites excluding steroid dienone is 6.